The molecule has 7 heteroatoms. The smallest absolute Gasteiger partial charge is 0.253 e. The lowest BCUT2D eigenvalue weighted by atomic mass is 9.92. The summed E-state index contributed by atoms with van der Waals surface area (Å²) in [6.07, 6.45) is 4.16. The minimum absolute atomic E-state index is 0.112. The Bertz CT molecular complexity index is 915. The number of amides is 1. The van der Waals surface area contributed by atoms with Crippen LogP contribution in [0.4, 0.5) is 0 Å². The summed E-state index contributed by atoms with van der Waals surface area (Å²) in [6, 6.07) is 8.72. The molecule has 1 fully saturated rings. The van der Waals surface area contributed by atoms with Crippen LogP contribution in [-0.2, 0) is 6.42 Å². The second kappa shape index (κ2) is 7.96. The van der Waals surface area contributed by atoms with E-state index in [0.717, 1.165) is 37.2 Å². The molecule has 2 N–H and O–H groups in total. The Labute approximate surface area is 163 Å². The summed E-state index contributed by atoms with van der Waals surface area (Å²) >= 11 is 0. The van der Waals surface area contributed by atoms with Crippen molar-refractivity contribution in [3.05, 3.63) is 51.9 Å². The third-order valence-corrected chi connectivity index (χ3v) is 5.25. The van der Waals surface area contributed by atoms with E-state index in [1.54, 1.807) is 6.07 Å². The van der Waals surface area contributed by atoms with Crippen LogP contribution in [0.2, 0.25) is 0 Å². The van der Waals surface area contributed by atoms with Gasteiger partial charge < -0.3 is 24.5 Å². The number of aromatic nitrogens is 1. The number of aromatic amines is 1. The maximum absolute atomic E-state index is 12.6. The van der Waals surface area contributed by atoms with Crippen LogP contribution in [0.1, 0.15) is 48.7 Å². The SMILES string of the molecule is CCc1[nH]c(=O)ccc1C(=O)NC1CCC(Oc2ccc3c(c2)OCO3)CC1. The van der Waals surface area contributed by atoms with Gasteiger partial charge in [-0.3, -0.25) is 9.59 Å². The summed E-state index contributed by atoms with van der Waals surface area (Å²) < 4.78 is 16.8. The van der Waals surface area contributed by atoms with E-state index in [-0.39, 0.29) is 30.4 Å². The lowest BCUT2D eigenvalue weighted by Gasteiger charge is -2.29. The predicted molar refractivity (Wildman–Crippen MR) is 103 cm³/mol. The highest BCUT2D eigenvalue weighted by Gasteiger charge is 2.25. The molecule has 0 atom stereocenters. The molecule has 148 valence electrons. The van der Waals surface area contributed by atoms with Gasteiger partial charge in [0.05, 0.1) is 11.7 Å². The second-order valence-corrected chi connectivity index (χ2v) is 7.15. The molecule has 2 heterocycles. The summed E-state index contributed by atoms with van der Waals surface area (Å²) in [6.45, 7) is 2.17. The Balaban J connectivity index is 1.31. The van der Waals surface area contributed by atoms with E-state index >= 15 is 0 Å². The van der Waals surface area contributed by atoms with Crippen LogP contribution in [0, 0.1) is 0 Å². The van der Waals surface area contributed by atoms with Crippen molar-refractivity contribution < 1.29 is 19.0 Å². The number of benzene rings is 1. The van der Waals surface area contributed by atoms with E-state index in [2.05, 4.69) is 10.3 Å². The van der Waals surface area contributed by atoms with Gasteiger partial charge in [-0.05, 0) is 50.3 Å². The first-order chi connectivity index (χ1) is 13.6. The van der Waals surface area contributed by atoms with E-state index in [4.69, 9.17) is 14.2 Å². The molecule has 1 saturated carbocycles. The normalized spacial score (nSPS) is 20.6. The Kier molecular flexibility index (Phi) is 5.23. The van der Waals surface area contributed by atoms with Crippen molar-refractivity contribution in [2.75, 3.05) is 6.79 Å². The van der Waals surface area contributed by atoms with E-state index < -0.39 is 0 Å². The zero-order valence-electron chi connectivity index (χ0n) is 15.8. The Hall–Kier alpha value is -2.96. The van der Waals surface area contributed by atoms with Crippen molar-refractivity contribution in [1.29, 1.82) is 0 Å². The van der Waals surface area contributed by atoms with Crippen molar-refractivity contribution in [3.63, 3.8) is 0 Å². The lowest BCUT2D eigenvalue weighted by Crippen LogP contribution is -2.40. The number of carbonyl (C=O) groups is 1. The fourth-order valence-corrected chi connectivity index (χ4v) is 3.74. The van der Waals surface area contributed by atoms with Crippen molar-refractivity contribution >= 4 is 5.91 Å². The first-order valence-electron chi connectivity index (χ1n) is 9.71. The summed E-state index contributed by atoms with van der Waals surface area (Å²) in [4.78, 5) is 26.8. The number of pyridine rings is 1. The third-order valence-electron chi connectivity index (χ3n) is 5.25. The molecule has 7 nitrogen and oxygen atoms in total. The third kappa shape index (κ3) is 3.98. The van der Waals surface area contributed by atoms with Gasteiger partial charge in [0.25, 0.3) is 5.91 Å². The van der Waals surface area contributed by atoms with Crippen LogP contribution in [0.5, 0.6) is 17.2 Å². The molecule has 0 unspecified atom stereocenters. The molecule has 0 bridgehead atoms. The van der Waals surface area contributed by atoms with E-state index in [9.17, 15) is 9.59 Å². The zero-order valence-corrected chi connectivity index (χ0v) is 15.8. The fraction of sp³-hybridized carbons (Fsp3) is 0.429. The van der Waals surface area contributed by atoms with E-state index in [0.29, 0.717) is 23.4 Å². The highest BCUT2D eigenvalue weighted by atomic mass is 16.7. The number of ether oxygens (including phenoxy) is 3. The van der Waals surface area contributed by atoms with Crippen LogP contribution >= 0.6 is 0 Å². The number of carbonyl (C=O) groups excluding carboxylic acids is 1. The molecular weight excluding hydrogens is 360 g/mol. The number of nitrogens with one attached hydrogen (secondary N) is 2. The van der Waals surface area contributed by atoms with Gasteiger partial charge in [-0.15, -0.1) is 0 Å². The zero-order chi connectivity index (χ0) is 19.5. The first kappa shape index (κ1) is 18.4. The van der Waals surface area contributed by atoms with Crippen molar-refractivity contribution in [1.82, 2.24) is 10.3 Å². The Morgan fingerprint density at radius 2 is 1.93 bits per heavy atom. The van der Waals surface area contributed by atoms with Gasteiger partial charge >= 0.3 is 0 Å². The quantitative estimate of drug-likeness (QED) is 0.827. The minimum atomic E-state index is -0.186. The molecular formula is C21H24N2O5. The molecule has 2 aromatic rings. The Morgan fingerprint density at radius 1 is 1.14 bits per heavy atom. The van der Waals surface area contributed by atoms with Crippen LogP contribution in [0.25, 0.3) is 0 Å². The van der Waals surface area contributed by atoms with E-state index in [1.807, 2.05) is 25.1 Å². The first-order valence-corrected chi connectivity index (χ1v) is 9.71. The average molecular weight is 384 g/mol. The molecule has 1 aromatic heterocycles. The number of hydrogen-bond acceptors (Lipinski definition) is 5. The lowest BCUT2D eigenvalue weighted by molar-refractivity contribution is 0.0892. The van der Waals surface area contributed by atoms with Crippen molar-refractivity contribution in [2.45, 2.75) is 51.2 Å². The van der Waals surface area contributed by atoms with Crippen molar-refractivity contribution in [2.24, 2.45) is 0 Å². The van der Waals surface area contributed by atoms with Gasteiger partial charge in [-0.25, -0.2) is 0 Å². The van der Waals surface area contributed by atoms with Crippen LogP contribution in [0.3, 0.4) is 0 Å². The van der Waals surface area contributed by atoms with Crippen LogP contribution in [0.15, 0.2) is 35.1 Å². The van der Waals surface area contributed by atoms with Gasteiger partial charge in [-0.2, -0.15) is 0 Å². The molecule has 0 saturated heterocycles. The fourth-order valence-electron chi connectivity index (χ4n) is 3.74. The highest BCUT2D eigenvalue weighted by molar-refractivity contribution is 5.95. The molecule has 1 aromatic carbocycles. The summed E-state index contributed by atoms with van der Waals surface area (Å²) in [5.74, 6) is 2.10. The topological polar surface area (TPSA) is 89.7 Å². The molecule has 2 aliphatic rings. The molecule has 1 aliphatic carbocycles. The Morgan fingerprint density at radius 3 is 2.71 bits per heavy atom. The summed E-state index contributed by atoms with van der Waals surface area (Å²) in [7, 11) is 0. The molecule has 0 radical (unpaired) electrons. The van der Waals surface area contributed by atoms with Gasteiger partial charge in [0, 0.05) is 23.9 Å². The number of hydrogen-bond donors (Lipinski definition) is 2. The minimum Gasteiger partial charge on any atom is -0.490 e. The number of fused-ring (bicyclic) bond motifs is 1. The van der Waals surface area contributed by atoms with E-state index in [1.165, 1.54) is 6.07 Å². The molecule has 1 aliphatic heterocycles. The van der Waals surface area contributed by atoms with Crippen molar-refractivity contribution in [3.8, 4) is 17.2 Å². The van der Waals surface area contributed by atoms with Gasteiger partial charge in [0.15, 0.2) is 11.5 Å². The molecule has 1 amide bonds. The maximum atomic E-state index is 12.6. The summed E-state index contributed by atoms with van der Waals surface area (Å²) in [5.41, 5.74) is 1.03. The van der Waals surface area contributed by atoms with Gasteiger partial charge in [0.2, 0.25) is 12.4 Å². The van der Waals surface area contributed by atoms with Gasteiger partial charge in [-0.1, -0.05) is 6.92 Å². The second-order valence-electron chi connectivity index (χ2n) is 7.15. The highest BCUT2D eigenvalue weighted by Crippen LogP contribution is 2.36. The predicted octanol–water partition coefficient (Wildman–Crippen LogP) is 2.79. The molecule has 4 rings (SSSR count). The van der Waals surface area contributed by atoms with Crippen LogP contribution < -0.4 is 25.1 Å². The molecule has 0 spiro atoms. The number of aryl methyl sites for hydroxylation is 1. The largest absolute Gasteiger partial charge is 0.490 e. The monoisotopic (exact) mass is 384 g/mol. The maximum Gasteiger partial charge on any atom is 0.253 e. The van der Waals surface area contributed by atoms with Crippen LogP contribution in [-0.4, -0.2) is 29.8 Å². The average Bonchev–Trinajstić information content (AvgIpc) is 3.17. The number of H-pyrrole nitrogens is 1. The standard InChI is InChI=1S/C21H24N2O5/c1-2-17-16(8-10-20(24)23-17)21(25)22-13-3-5-14(6-4-13)28-15-7-9-18-19(11-15)27-12-26-18/h7-11,13-14H,2-6,12H2,1H3,(H,22,25)(H,23,24). The molecule has 28 heavy (non-hydrogen) atoms. The summed E-state index contributed by atoms with van der Waals surface area (Å²) in [5, 5.41) is 3.09. The van der Waals surface area contributed by atoms with Gasteiger partial charge in [0.1, 0.15) is 5.75 Å². The number of rotatable bonds is 5.